The van der Waals surface area contributed by atoms with Gasteiger partial charge in [0.05, 0.1) is 25.7 Å². The van der Waals surface area contributed by atoms with Crippen LogP contribution in [0.15, 0.2) is 54.6 Å². The highest BCUT2D eigenvalue weighted by Crippen LogP contribution is 2.54. The van der Waals surface area contributed by atoms with Crippen molar-refractivity contribution in [2.75, 3.05) is 25.2 Å². The molecule has 5 heteroatoms. The molecule has 3 aliphatic rings. The molecular weight excluding hydrogens is 384 g/mol. The first-order valence-corrected chi connectivity index (χ1v) is 11.4. The largest absolute Gasteiger partial charge is 0.469 e. The molecule has 0 atom stereocenters. The van der Waals surface area contributed by atoms with Crippen molar-refractivity contribution in [1.82, 2.24) is 0 Å². The molecule has 0 unspecified atom stereocenters. The normalized spacial score (nSPS) is 25.6. The molecule has 0 amide bonds. The Kier molecular flexibility index (Phi) is 6.16. The summed E-state index contributed by atoms with van der Waals surface area (Å²) in [6, 6.07) is 18.2. The van der Waals surface area contributed by atoms with Crippen molar-refractivity contribution in [3.63, 3.8) is 0 Å². The van der Waals surface area contributed by atoms with Gasteiger partial charge in [-0.3, -0.25) is 4.79 Å². The fourth-order valence-electron chi connectivity index (χ4n) is 4.34. The van der Waals surface area contributed by atoms with E-state index in [1.165, 1.54) is 25.5 Å². The van der Waals surface area contributed by atoms with Gasteiger partial charge in [-0.1, -0.05) is 30.3 Å². The molecule has 0 aromatic heterocycles. The van der Waals surface area contributed by atoms with Crippen LogP contribution in [0.4, 0.5) is 0 Å². The molecule has 2 saturated heterocycles. The zero-order chi connectivity index (χ0) is 20.2. The summed E-state index contributed by atoms with van der Waals surface area (Å²) in [6.45, 7) is 0.794. The van der Waals surface area contributed by atoms with Gasteiger partial charge in [0, 0.05) is 16.9 Å². The predicted molar refractivity (Wildman–Crippen MR) is 115 cm³/mol. The van der Waals surface area contributed by atoms with Crippen molar-refractivity contribution in [3.05, 3.63) is 60.2 Å². The fraction of sp³-hybridized carbons (Fsp3) is 0.458. The second kappa shape index (κ2) is 8.80. The van der Waals surface area contributed by atoms with E-state index in [2.05, 4.69) is 18.2 Å². The summed E-state index contributed by atoms with van der Waals surface area (Å²) < 4.78 is 17.3. The number of para-hydroxylation sites is 1. The van der Waals surface area contributed by atoms with Gasteiger partial charge in [-0.15, -0.1) is 0 Å². The van der Waals surface area contributed by atoms with Crippen molar-refractivity contribution in [3.8, 4) is 11.5 Å². The van der Waals surface area contributed by atoms with Crippen molar-refractivity contribution < 1.29 is 19.0 Å². The first-order chi connectivity index (χ1) is 14.1. The molecule has 4 nitrogen and oxygen atoms in total. The summed E-state index contributed by atoms with van der Waals surface area (Å²) in [5.74, 6) is 3.44. The van der Waals surface area contributed by atoms with Crippen LogP contribution in [0, 0.1) is 5.41 Å². The standard InChI is InChI=1S/C24H28O4S/c1-26-22(25)10-15-29-18-23-11-13-24(14-12-23,27-17-23)19-6-5-9-21(16-19)28-20-7-3-2-4-8-20/h2-9,16H,10-15,17-18H2,1H3. The zero-order valence-corrected chi connectivity index (χ0v) is 17.7. The van der Waals surface area contributed by atoms with Crippen LogP contribution in [-0.4, -0.2) is 31.2 Å². The minimum atomic E-state index is -0.186. The van der Waals surface area contributed by atoms with Crippen LogP contribution in [0.25, 0.3) is 0 Å². The highest BCUT2D eigenvalue weighted by molar-refractivity contribution is 7.99. The number of ether oxygens (including phenoxy) is 3. The molecule has 5 rings (SSSR count). The van der Waals surface area contributed by atoms with Crippen LogP contribution in [0.5, 0.6) is 11.5 Å². The SMILES string of the molecule is COC(=O)CCSCC12CCC(c3cccc(Oc4ccccc4)c3)(CC1)OC2. The summed E-state index contributed by atoms with van der Waals surface area (Å²) in [7, 11) is 1.45. The zero-order valence-electron chi connectivity index (χ0n) is 16.9. The third-order valence-corrected chi connectivity index (χ3v) is 7.51. The molecule has 154 valence electrons. The van der Waals surface area contributed by atoms with Crippen LogP contribution in [0.3, 0.4) is 0 Å². The molecule has 2 aromatic rings. The number of methoxy groups -OCH3 is 1. The van der Waals surface area contributed by atoms with E-state index >= 15 is 0 Å². The number of fused-ring (bicyclic) bond motifs is 3. The van der Waals surface area contributed by atoms with Gasteiger partial charge in [-0.25, -0.2) is 0 Å². The van der Waals surface area contributed by atoms with E-state index in [-0.39, 0.29) is 17.0 Å². The highest BCUT2D eigenvalue weighted by atomic mass is 32.2. The highest BCUT2D eigenvalue weighted by Gasteiger charge is 2.50. The molecule has 2 bridgehead atoms. The molecule has 0 N–H and O–H groups in total. The second-order valence-electron chi connectivity index (χ2n) is 8.10. The first-order valence-electron chi connectivity index (χ1n) is 10.3. The van der Waals surface area contributed by atoms with E-state index in [1.807, 2.05) is 48.2 Å². The second-order valence-corrected chi connectivity index (χ2v) is 9.21. The minimum Gasteiger partial charge on any atom is -0.469 e. The summed E-state index contributed by atoms with van der Waals surface area (Å²) >= 11 is 1.85. The molecule has 2 heterocycles. The van der Waals surface area contributed by atoms with Crippen molar-refractivity contribution in [2.45, 2.75) is 37.7 Å². The Hall–Kier alpha value is -1.98. The molecule has 2 aliphatic heterocycles. The van der Waals surface area contributed by atoms with Crippen molar-refractivity contribution in [1.29, 1.82) is 0 Å². The maximum absolute atomic E-state index is 11.3. The topological polar surface area (TPSA) is 44.8 Å². The van der Waals surface area contributed by atoms with Crippen molar-refractivity contribution in [2.24, 2.45) is 5.41 Å². The van der Waals surface area contributed by atoms with Crippen LogP contribution < -0.4 is 4.74 Å². The van der Waals surface area contributed by atoms with Crippen LogP contribution in [-0.2, 0) is 19.9 Å². The number of carbonyl (C=O) groups is 1. The Balaban J connectivity index is 1.37. The Labute approximate surface area is 176 Å². The van der Waals surface area contributed by atoms with E-state index in [9.17, 15) is 4.79 Å². The fourth-order valence-corrected chi connectivity index (χ4v) is 5.60. The van der Waals surface area contributed by atoms with E-state index in [0.29, 0.717) is 6.42 Å². The molecule has 2 aromatic carbocycles. The molecule has 1 aliphatic carbocycles. The Morgan fingerprint density at radius 2 is 1.79 bits per heavy atom. The summed E-state index contributed by atoms with van der Waals surface area (Å²) in [4.78, 5) is 11.3. The lowest BCUT2D eigenvalue weighted by Crippen LogP contribution is -2.50. The Morgan fingerprint density at radius 3 is 2.48 bits per heavy atom. The lowest BCUT2D eigenvalue weighted by molar-refractivity contribution is -0.182. The van der Waals surface area contributed by atoms with Gasteiger partial charge in [-0.2, -0.15) is 11.8 Å². The smallest absolute Gasteiger partial charge is 0.306 e. The Bertz CT molecular complexity index is 811. The average molecular weight is 413 g/mol. The summed E-state index contributed by atoms with van der Waals surface area (Å²) in [5.41, 5.74) is 1.28. The molecule has 0 radical (unpaired) electrons. The average Bonchev–Trinajstić information content (AvgIpc) is 2.79. The molecule has 0 spiro atoms. The number of benzene rings is 2. The molecule has 3 fully saturated rings. The minimum absolute atomic E-state index is 0.129. The van der Waals surface area contributed by atoms with E-state index < -0.39 is 0 Å². The van der Waals surface area contributed by atoms with Crippen LogP contribution in [0.2, 0.25) is 0 Å². The van der Waals surface area contributed by atoms with Gasteiger partial charge in [0.15, 0.2) is 0 Å². The predicted octanol–water partition coefficient (Wildman–Crippen LogP) is 5.56. The first kappa shape index (κ1) is 20.3. The van der Waals surface area contributed by atoms with Gasteiger partial charge in [0.2, 0.25) is 0 Å². The number of rotatable bonds is 8. The van der Waals surface area contributed by atoms with E-state index in [4.69, 9.17) is 14.2 Å². The van der Waals surface area contributed by atoms with Crippen LogP contribution in [0.1, 0.15) is 37.7 Å². The summed E-state index contributed by atoms with van der Waals surface area (Å²) in [6.07, 6.45) is 4.90. The lowest BCUT2D eigenvalue weighted by Gasteiger charge is -2.53. The summed E-state index contributed by atoms with van der Waals surface area (Å²) in [5, 5.41) is 0. The van der Waals surface area contributed by atoms with E-state index in [0.717, 1.165) is 42.5 Å². The molecule has 29 heavy (non-hydrogen) atoms. The maximum atomic E-state index is 11.3. The maximum Gasteiger partial charge on any atom is 0.306 e. The van der Waals surface area contributed by atoms with Gasteiger partial charge in [0.1, 0.15) is 11.5 Å². The van der Waals surface area contributed by atoms with Crippen LogP contribution >= 0.6 is 11.8 Å². The number of hydrogen-bond acceptors (Lipinski definition) is 5. The number of esters is 1. The quantitative estimate of drug-likeness (QED) is 0.419. The van der Waals surface area contributed by atoms with Gasteiger partial charge in [0.25, 0.3) is 0 Å². The number of hydrogen-bond donors (Lipinski definition) is 0. The van der Waals surface area contributed by atoms with Gasteiger partial charge < -0.3 is 14.2 Å². The molecular formula is C24H28O4S. The number of carbonyl (C=O) groups excluding carboxylic acids is 1. The van der Waals surface area contributed by atoms with E-state index in [1.54, 1.807) is 0 Å². The lowest BCUT2D eigenvalue weighted by atomic mass is 9.65. The molecule has 1 saturated carbocycles. The Morgan fingerprint density at radius 1 is 1.03 bits per heavy atom. The van der Waals surface area contributed by atoms with Gasteiger partial charge >= 0.3 is 5.97 Å². The monoisotopic (exact) mass is 412 g/mol. The van der Waals surface area contributed by atoms with Gasteiger partial charge in [-0.05, 0) is 55.5 Å². The third-order valence-electron chi connectivity index (χ3n) is 6.20. The number of thioether (sulfide) groups is 1. The van der Waals surface area contributed by atoms with Crippen molar-refractivity contribution >= 4 is 17.7 Å². The third kappa shape index (κ3) is 4.62.